The lowest BCUT2D eigenvalue weighted by Crippen LogP contribution is -2.55. The summed E-state index contributed by atoms with van der Waals surface area (Å²) in [4.78, 5) is 43.2. The van der Waals surface area contributed by atoms with Crippen LogP contribution in [0.2, 0.25) is 0 Å². The molecule has 0 bridgehead atoms. The van der Waals surface area contributed by atoms with Gasteiger partial charge in [0.2, 0.25) is 11.8 Å². The van der Waals surface area contributed by atoms with E-state index in [-0.39, 0.29) is 30.2 Å². The number of amides is 3. The van der Waals surface area contributed by atoms with E-state index in [0.717, 1.165) is 47.9 Å². The number of nitrogens with zero attached hydrogens (tertiary/aromatic N) is 1. The second-order valence-electron chi connectivity index (χ2n) is 12.1. The second kappa shape index (κ2) is 13.8. The fourth-order valence-corrected chi connectivity index (χ4v) is 5.19. The highest BCUT2D eigenvalue weighted by molar-refractivity contribution is 5.93. The Morgan fingerprint density at radius 1 is 1.00 bits per heavy atom. The smallest absolute Gasteiger partial charge is 0.408 e. The van der Waals surface area contributed by atoms with Crippen LogP contribution in [-0.4, -0.2) is 47.0 Å². The molecule has 218 valence electrons. The molecule has 0 radical (unpaired) electrons. The largest absolute Gasteiger partial charge is 0.444 e. The summed E-state index contributed by atoms with van der Waals surface area (Å²) in [6.45, 7) is 14.1. The van der Waals surface area contributed by atoms with Crippen molar-refractivity contribution in [3.63, 3.8) is 0 Å². The molecular weight excluding hydrogens is 502 g/mol. The van der Waals surface area contributed by atoms with E-state index in [1.165, 1.54) is 0 Å². The van der Waals surface area contributed by atoms with Crippen molar-refractivity contribution in [3.05, 3.63) is 70.8 Å². The van der Waals surface area contributed by atoms with Gasteiger partial charge in [0.25, 0.3) is 0 Å². The van der Waals surface area contributed by atoms with E-state index in [1.54, 1.807) is 25.7 Å². The first-order valence-electron chi connectivity index (χ1n) is 14.6. The monoisotopic (exact) mass is 549 g/mol. The van der Waals surface area contributed by atoms with Crippen molar-refractivity contribution in [3.8, 4) is 0 Å². The van der Waals surface area contributed by atoms with Crippen molar-refractivity contribution in [1.82, 2.24) is 15.5 Å². The van der Waals surface area contributed by atoms with Gasteiger partial charge in [-0.25, -0.2) is 4.79 Å². The fraction of sp³-hybridized carbons (Fsp3) is 0.545. The van der Waals surface area contributed by atoms with Crippen LogP contribution < -0.4 is 10.6 Å². The van der Waals surface area contributed by atoms with Gasteiger partial charge in [-0.15, -0.1) is 0 Å². The van der Waals surface area contributed by atoms with Gasteiger partial charge in [0.1, 0.15) is 17.7 Å². The SMILES string of the molecule is CCCCCNC(=O)C(c1c(C)cccc1C)N(C(=O)C(Cc1ccccc1)NC(=O)OC(C)(C)C)C1CC1C. The van der Waals surface area contributed by atoms with Crippen LogP contribution in [0.15, 0.2) is 48.5 Å². The lowest BCUT2D eigenvalue weighted by Gasteiger charge is -2.36. The molecule has 1 saturated carbocycles. The number of nitrogens with one attached hydrogen (secondary N) is 2. The zero-order chi connectivity index (χ0) is 29.4. The van der Waals surface area contributed by atoms with E-state index in [2.05, 4.69) is 24.5 Å². The molecule has 3 rings (SSSR count). The van der Waals surface area contributed by atoms with E-state index >= 15 is 0 Å². The molecule has 1 aliphatic rings. The van der Waals surface area contributed by atoms with Crippen LogP contribution in [0.4, 0.5) is 4.79 Å². The molecule has 2 N–H and O–H groups in total. The van der Waals surface area contributed by atoms with E-state index < -0.39 is 23.8 Å². The van der Waals surface area contributed by atoms with Crippen molar-refractivity contribution >= 4 is 17.9 Å². The van der Waals surface area contributed by atoms with Gasteiger partial charge in [-0.3, -0.25) is 9.59 Å². The number of aryl methyl sites for hydroxylation is 2. The van der Waals surface area contributed by atoms with E-state index in [1.807, 2.05) is 62.4 Å². The number of carbonyl (C=O) groups is 3. The molecule has 4 atom stereocenters. The molecule has 0 spiro atoms. The Kier molecular flexibility index (Phi) is 10.8. The van der Waals surface area contributed by atoms with Crippen molar-refractivity contribution in [2.45, 2.75) is 104 Å². The van der Waals surface area contributed by atoms with Crippen LogP contribution in [0.3, 0.4) is 0 Å². The molecule has 4 unspecified atom stereocenters. The van der Waals surface area contributed by atoms with Crippen LogP contribution in [0, 0.1) is 19.8 Å². The number of rotatable bonds is 12. The summed E-state index contributed by atoms with van der Waals surface area (Å²) >= 11 is 0. The Morgan fingerprint density at radius 2 is 1.62 bits per heavy atom. The molecular formula is C33H47N3O4. The van der Waals surface area contributed by atoms with Crippen LogP contribution in [-0.2, 0) is 20.7 Å². The maximum atomic E-state index is 14.6. The first-order valence-corrected chi connectivity index (χ1v) is 14.6. The number of hydrogen-bond donors (Lipinski definition) is 2. The molecule has 0 heterocycles. The molecule has 0 aliphatic heterocycles. The minimum atomic E-state index is -0.898. The zero-order valence-electron chi connectivity index (χ0n) is 25.3. The van der Waals surface area contributed by atoms with Crippen LogP contribution in [0.1, 0.15) is 88.6 Å². The predicted octanol–water partition coefficient (Wildman–Crippen LogP) is 6.02. The number of alkyl carbamates (subject to hydrolysis) is 1. The van der Waals surface area contributed by atoms with Gasteiger partial charge in [-0.2, -0.15) is 0 Å². The number of hydrogen-bond acceptors (Lipinski definition) is 4. The molecule has 1 fully saturated rings. The molecule has 7 heteroatoms. The minimum Gasteiger partial charge on any atom is -0.444 e. The van der Waals surface area contributed by atoms with Gasteiger partial charge in [-0.1, -0.05) is 75.2 Å². The van der Waals surface area contributed by atoms with Crippen LogP contribution in [0.5, 0.6) is 0 Å². The minimum absolute atomic E-state index is 0.100. The Morgan fingerprint density at radius 3 is 2.17 bits per heavy atom. The van der Waals surface area contributed by atoms with Gasteiger partial charge in [0.15, 0.2) is 0 Å². The third-order valence-electron chi connectivity index (χ3n) is 7.37. The Hall–Kier alpha value is -3.35. The van der Waals surface area contributed by atoms with E-state index in [4.69, 9.17) is 4.74 Å². The fourth-order valence-electron chi connectivity index (χ4n) is 5.19. The third kappa shape index (κ3) is 8.57. The van der Waals surface area contributed by atoms with Crippen molar-refractivity contribution in [1.29, 1.82) is 0 Å². The maximum absolute atomic E-state index is 14.6. The molecule has 0 aromatic heterocycles. The Bertz CT molecular complexity index is 1140. The summed E-state index contributed by atoms with van der Waals surface area (Å²) in [5.41, 5.74) is 2.96. The third-order valence-corrected chi connectivity index (χ3v) is 7.37. The molecule has 40 heavy (non-hydrogen) atoms. The van der Waals surface area contributed by atoms with Gasteiger partial charge in [-0.05, 0) is 75.6 Å². The number of benzene rings is 2. The highest BCUT2D eigenvalue weighted by atomic mass is 16.6. The van der Waals surface area contributed by atoms with Gasteiger partial charge >= 0.3 is 6.09 Å². The van der Waals surface area contributed by atoms with Crippen molar-refractivity contribution < 1.29 is 19.1 Å². The summed E-state index contributed by atoms with van der Waals surface area (Å²) in [6.07, 6.45) is 3.40. The summed E-state index contributed by atoms with van der Waals surface area (Å²) in [5.74, 6) is -0.209. The summed E-state index contributed by atoms with van der Waals surface area (Å²) < 4.78 is 5.54. The predicted molar refractivity (Wildman–Crippen MR) is 159 cm³/mol. The number of unbranched alkanes of at least 4 members (excludes halogenated alkanes) is 2. The Balaban J connectivity index is 2.04. The highest BCUT2D eigenvalue weighted by Crippen LogP contribution is 2.42. The van der Waals surface area contributed by atoms with Crippen molar-refractivity contribution in [2.75, 3.05) is 6.54 Å². The molecule has 1 aliphatic carbocycles. The average molecular weight is 550 g/mol. The van der Waals surface area contributed by atoms with Gasteiger partial charge in [0.05, 0.1) is 0 Å². The molecule has 0 saturated heterocycles. The van der Waals surface area contributed by atoms with E-state index in [0.29, 0.717) is 6.54 Å². The highest BCUT2D eigenvalue weighted by Gasteiger charge is 2.48. The molecule has 7 nitrogen and oxygen atoms in total. The van der Waals surface area contributed by atoms with E-state index in [9.17, 15) is 14.4 Å². The normalized spacial score (nSPS) is 17.9. The van der Waals surface area contributed by atoms with Crippen LogP contribution >= 0.6 is 0 Å². The zero-order valence-corrected chi connectivity index (χ0v) is 25.3. The summed E-state index contributed by atoms with van der Waals surface area (Å²) in [7, 11) is 0. The average Bonchev–Trinajstić information content (AvgIpc) is 3.60. The van der Waals surface area contributed by atoms with Gasteiger partial charge in [0, 0.05) is 19.0 Å². The Labute approximate surface area is 240 Å². The molecule has 2 aromatic rings. The summed E-state index contributed by atoms with van der Waals surface area (Å²) in [6, 6.07) is 13.7. The topological polar surface area (TPSA) is 87.7 Å². The lowest BCUT2D eigenvalue weighted by molar-refractivity contribution is -0.143. The lowest BCUT2D eigenvalue weighted by atomic mass is 9.93. The number of ether oxygens (including phenoxy) is 1. The van der Waals surface area contributed by atoms with Crippen molar-refractivity contribution in [2.24, 2.45) is 5.92 Å². The summed E-state index contributed by atoms with van der Waals surface area (Å²) in [5, 5.41) is 5.97. The standard InChI is InChI=1S/C33H47N3O4/c1-8-9-13-19-34-30(37)29(28-22(2)15-14-16-23(28)3)36(27-20-24(27)4)31(38)26(21-25-17-11-10-12-18-25)35-32(39)40-33(5,6)7/h10-12,14-18,24,26-27,29H,8-9,13,19-21H2,1-7H3,(H,34,37)(H,35,39). The van der Waals surface area contributed by atoms with Gasteiger partial charge < -0.3 is 20.3 Å². The quantitative estimate of drug-likeness (QED) is 0.317. The van der Waals surface area contributed by atoms with Crippen LogP contribution in [0.25, 0.3) is 0 Å². The first-order chi connectivity index (χ1) is 18.9. The number of carbonyl (C=O) groups excluding carboxylic acids is 3. The maximum Gasteiger partial charge on any atom is 0.408 e. The second-order valence-corrected chi connectivity index (χ2v) is 12.1. The molecule has 3 amide bonds. The molecule has 2 aromatic carbocycles. The first kappa shape index (κ1) is 31.2.